The molecule has 1 atom stereocenters. The fraction of sp³-hybridized carbons (Fsp3) is 0.222. The van der Waals surface area contributed by atoms with Gasteiger partial charge in [0.25, 0.3) is 0 Å². The SMILES string of the molecule is C=C[C@@H](N)c1cccnc1OC. The van der Waals surface area contributed by atoms with E-state index < -0.39 is 0 Å². The van der Waals surface area contributed by atoms with E-state index in [1.165, 1.54) is 0 Å². The third-order valence-corrected chi connectivity index (χ3v) is 1.61. The van der Waals surface area contributed by atoms with Crippen molar-refractivity contribution in [2.45, 2.75) is 6.04 Å². The summed E-state index contributed by atoms with van der Waals surface area (Å²) in [5.41, 5.74) is 6.59. The lowest BCUT2D eigenvalue weighted by molar-refractivity contribution is 0.391. The topological polar surface area (TPSA) is 48.1 Å². The van der Waals surface area contributed by atoms with Crippen LogP contribution in [0, 0.1) is 0 Å². The lowest BCUT2D eigenvalue weighted by Crippen LogP contribution is -2.08. The molecule has 1 heterocycles. The number of ether oxygens (including phenoxy) is 1. The molecule has 3 heteroatoms. The minimum Gasteiger partial charge on any atom is -0.481 e. The van der Waals surface area contributed by atoms with E-state index in [4.69, 9.17) is 10.5 Å². The highest BCUT2D eigenvalue weighted by molar-refractivity contribution is 5.30. The second-order valence-corrected chi connectivity index (χ2v) is 2.36. The van der Waals surface area contributed by atoms with E-state index in [0.29, 0.717) is 5.88 Å². The fourth-order valence-corrected chi connectivity index (χ4v) is 0.954. The molecule has 64 valence electrons. The molecule has 3 nitrogen and oxygen atoms in total. The molecule has 0 radical (unpaired) electrons. The van der Waals surface area contributed by atoms with E-state index in [9.17, 15) is 0 Å². The van der Waals surface area contributed by atoms with Crippen molar-refractivity contribution < 1.29 is 4.74 Å². The molecule has 0 unspecified atom stereocenters. The summed E-state index contributed by atoms with van der Waals surface area (Å²) in [6.45, 7) is 3.60. The average molecular weight is 164 g/mol. The molecule has 1 aromatic rings. The number of aromatic nitrogens is 1. The summed E-state index contributed by atoms with van der Waals surface area (Å²) in [7, 11) is 1.57. The monoisotopic (exact) mass is 164 g/mol. The van der Waals surface area contributed by atoms with Gasteiger partial charge in [0, 0.05) is 11.8 Å². The van der Waals surface area contributed by atoms with Crippen LogP contribution in [0.2, 0.25) is 0 Å². The Labute approximate surface area is 71.9 Å². The van der Waals surface area contributed by atoms with E-state index in [1.807, 2.05) is 12.1 Å². The summed E-state index contributed by atoms with van der Waals surface area (Å²) in [4.78, 5) is 4.02. The van der Waals surface area contributed by atoms with Crippen LogP contribution in [-0.4, -0.2) is 12.1 Å². The number of hydrogen-bond donors (Lipinski definition) is 1. The van der Waals surface area contributed by atoms with Gasteiger partial charge in [-0.3, -0.25) is 0 Å². The molecule has 0 aromatic carbocycles. The first-order valence-electron chi connectivity index (χ1n) is 3.66. The lowest BCUT2D eigenvalue weighted by Gasteiger charge is -2.09. The minimum absolute atomic E-state index is 0.214. The van der Waals surface area contributed by atoms with Gasteiger partial charge >= 0.3 is 0 Å². The molecule has 2 N–H and O–H groups in total. The second kappa shape index (κ2) is 3.88. The normalized spacial score (nSPS) is 12.2. The van der Waals surface area contributed by atoms with E-state index in [-0.39, 0.29) is 6.04 Å². The maximum atomic E-state index is 5.73. The average Bonchev–Trinajstić information content (AvgIpc) is 2.16. The zero-order valence-corrected chi connectivity index (χ0v) is 7.03. The predicted octanol–water partition coefficient (Wildman–Crippen LogP) is 1.28. The maximum absolute atomic E-state index is 5.73. The number of nitrogens with zero attached hydrogens (tertiary/aromatic N) is 1. The molecule has 0 amide bonds. The van der Waals surface area contributed by atoms with Crippen LogP contribution in [0.15, 0.2) is 31.0 Å². The number of methoxy groups -OCH3 is 1. The summed E-state index contributed by atoms with van der Waals surface area (Å²) in [5, 5.41) is 0. The van der Waals surface area contributed by atoms with Crippen molar-refractivity contribution in [1.29, 1.82) is 0 Å². The van der Waals surface area contributed by atoms with Gasteiger partial charge in [0.2, 0.25) is 5.88 Å². The summed E-state index contributed by atoms with van der Waals surface area (Å²) in [6.07, 6.45) is 3.32. The molecule has 1 aromatic heterocycles. The molecule has 0 aliphatic rings. The first-order valence-corrected chi connectivity index (χ1v) is 3.66. The highest BCUT2D eigenvalue weighted by Gasteiger charge is 2.07. The molecule has 0 aliphatic carbocycles. The van der Waals surface area contributed by atoms with Gasteiger partial charge in [0.15, 0.2) is 0 Å². The van der Waals surface area contributed by atoms with Crippen LogP contribution in [0.1, 0.15) is 11.6 Å². The van der Waals surface area contributed by atoms with Gasteiger partial charge in [0.05, 0.1) is 13.2 Å². The van der Waals surface area contributed by atoms with E-state index in [1.54, 1.807) is 19.4 Å². The Balaban J connectivity index is 3.04. The molecule has 0 saturated carbocycles. The molecule has 1 rings (SSSR count). The summed E-state index contributed by atoms with van der Waals surface area (Å²) < 4.78 is 5.03. The number of pyridine rings is 1. The number of nitrogens with two attached hydrogens (primary N) is 1. The zero-order chi connectivity index (χ0) is 8.97. The number of rotatable bonds is 3. The first-order chi connectivity index (χ1) is 5.79. The van der Waals surface area contributed by atoms with Crippen molar-refractivity contribution in [3.63, 3.8) is 0 Å². The summed E-state index contributed by atoms with van der Waals surface area (Å²) in [6, 6.07) is 3.48. The molecule has 0 bridgehead atoms. The van der Waals surface area contributed by atoms with Gasteiger partial charge in [-0.25, -0.2) is 4.98 Å². The third-order valence-electron chi connectivity index (χ3n) is 1.61. The molecule has 0 aliphatic heterocycles. The van der Waals surface area contributed by atoms with Gasteiger partial charge in [-0.05, 0) is 6.07 Å². The first kappa shape index (κ1) is 8.74. The van der Waals surface area contributed by atoms with Crippen LogP contribution >= 0.6 is 0 Å². The van der Waals surface area contributed by atoms with Gasteiger partial charge in [-0.2, -0.15) is 0 Å². The Hall–Kier alpha value is -1.35. The zero-order valence-electron chi connectivity index (χ0n) is 7.03. The van der Waals surface area contributed by atoms with Gasteiger partial charge in [-0.15, -0.1) is 6.58 Å². The largest absolute Gasteiger partial charge is 0.481 e. The summed E-state index contributed by atoms with van der Waals surface area (Å²) >= 11 is 0. The molecule has 12 heavy (non-hydrogen) atoms. The Bertz CT molecular complexity index is 273. The van der Waals surface area contributed by atoms with Crippen molar-refractivity contribution in [1.82, 2.24) is 4.98 Å². The fourth-order valence-electron chi connectivity index (χ4n) is 0.954. The van der Waals surface area contributed by atoms with Crippen LogP contribution in [0.4, 0.5) is 0 Å². The van der Waals surface area contributed by atoms with Crippen LogP contribution in [0.5, 0.6) is 5.88 Å². The van der Waals surface area contributed by atoms with Crippen LogP contribution in [-0.2, 0) is 0 Å². The molecular formula is C9H12N2O. The Kier molecular flexibility index (Phi) is 2.82. The van der Waals surface area contributed by atoms with Crippen LogP contribution < -0.4 is 10.5 Å². The maximum Gasteiger partial charge on any atom is 0.218 e. The van der Waals surface area contributed by atoms with Crippen molar-refractivity contribution in [2.75, 3.05) is 7.11 Å². The number of hydrogen-bond acceptors (Lipinski definition) is 3. The Morgan fingerprint density at radius 2 is 2.50 bits per heavy atom. The van der Waals surface area contributed by atoms with Crippen molar-refractivity contribution in [3.8, 4) is 5.88 Å². The van der Waals surface area contributed by atoms with E-state index in [2.05, 4.69) is 11.6 Å². The van der Waals surface area contributed by atoms with E-state index >= 15 is 0 Å². The standard InChI is InChI=1S/C9H12N2O/c1-3-8(10)7-5-4-6-11-9(7)12-2/h3-6,8H,1,10H2,2H3/t8-/m1/s1. The molecule has 0 spiro atoms. The predicted molar refractivity (Wildman–Crippen MR) is 47.9 cm³/mol. The van der Waals surface area contributed by atoms with Crippen LogP contribution in [0.25, 0.3) is 0 Å². The third kappa shape index (κ3) is 1.62. The molecule has 0 fully saturated rings. The van der Waals surface area contributed by atoms with Crippen molar-refractivity contribution >= 4 is 0 Å². The van der Waals surface area contributed by atoms with Crippen molar-refractivity contribution in [3.05, 3.63) is 36.5 Å². The van der Waals surface area contributed by atoms with Gasteiger partial charge in [-0.1, -0.05) is 12.1 Å². The highest BCUT2D eigenvalue weighted by atomic mass is 16.5. The Morgan fingerprint density at radius 3 is 3.08 bits per heavy atom. The highest BCUT2D eigenvalue weighted by Crippen LogP contribution is 2.20. The lowest BCUT2D eigenvalue weighted by atomic mass is 10.1. The second-order valence-electron chi connectivity index (χ2n) is 2.36. The summed E-state index contributed by atoms with van der Waals surface area (Å²) in [5.74, 6) is 0.560. The van der Waals surface area contributed by atoms with Gasteiger partial charge in [0.1, 0.15) is 0 Å². The smallest absolute Gasteiger partial charge is 0.218 e. The Morgan fingerprint density at radius 1 is 1.75 bits per heavy atom. The van der Waals surface area contributed by atoms with E-state index in [0.717, 1.165) is 5.56 Å². The van der Waals surface area contributed by atoms with Crippen LogP contribution in [0.3, 0.4) is 0 Å². The van der Waals surface area contributed by atoms with Crippen molar-refractivity contribution in [2.24, 2.45) is 5.73 Å². The molecule has 0 saturated heterocycles. The quantitative estimate of drug-likeness (QED) is 0.684. The molecular weight excluding hydrogens is 152 g/mol. The minimum atomic E-state index is -0.214. The van der Waals surface area contributed by atoms with Gasteiger partial charge < -0.3 is 10.5 Å².